The number of nitrogens with zero attached hydrogens (tertiary/aromatic N) is 2. The molecule has 6 rings (SSSR count). The number of carbonyl (C=O) groups excluding carboxylic acids is 1. The van der Waals surface area contributed by atoms with Crippen molar-refractivity contribution in [2.24, 2.45) is 4.99 Å². The van der Waals surface area contributed by atoms with E-state index in [0.717, 1.165) is 29.4 Å². The predicted molar refractivity (Wildman–Crippen MR) is 143 cm³/mol. The van der Waals surface area contributed by atoms with Gasteiger partial charge in [-0.2, -0.15) is 5.10 Å². The van der Waals surface area contributed by atoms with E-state index < -0.39 is 0 Å². The second-order valence-electron chi connectivity index (χ2n) is 9.60. The van der Waals surface area contributed by atoms with Gasteiger partial charge in [-0.15, -0.1) is 0 Å². The number of ether oxygens (including phenoxy) is 1. The molecule has 0 bridgehead atoms. The summed E-state index contributed by atoms with van der Waals surface area (Å²) in [5.74, 6) is 0.219. The molecule has 0 atom stereocenters. The average Bonchev–Trinajstić information content (AvgIpc) is 3.33. The molecule has 3 aromatic carbocycles. The van der Waals surface area contributed by atoms with Crippen molar-refractivity contribution in [2.75, 3.05) is 13.2 Å². The molecule has 0 aliphatic carbocycles. The maximum Gasteiger partial charge on any atom is 0.320 e. The molecule has 2 aliphatic rings. The fourth-order valence-corrected chi connectivity index (χ4v) is 5.02. The highest BCUT2D eigenvalue weighted by Gasteiger charge is 2.21. The molecule has 1 saturated heterocycles. The van der Waals surface area contributed by atoms with Gasteiger partial charge in [-0.1, -0.05) is 36.4 Å². The molecule has 0 saturated carbocycles. The van der Waals surface area contributed by atoms with Crippen molar-refractivity contribution in [2.45, 2.75) is 31.7 Å². The molecule has 0 unspecified atom stereocenters. The summed E-state index contributed by atoms with van der Waals surface area (Å²) >= 11 is 0. The van der Waals surface area contributed by atoms with E-state index in [2.05, 4.69) is 25.8 Å². The Bertz CT molecular complexity index is 1620. The van der Waals surface area contributed by atoms with Gasteiger partial charge in [0, 0.05) is 43.0 Å². The molecule has 38 heavy (non-hydrogen) atoms. The Hall–Kier alpha value is -4.37. The number of amides is 2. The highest BCUT2D eigenvalue weighted by atomic mass is 19.1. The van der Waals surface area contributed by atoms with Crippen molar-refractivity contribution in [1.29, 1.82) is 0 Å². The van der Waals surface area contributed by atoms with Crippen LogP contribution in [-0.2, 0) is 17.6 Å². The summed E-state index contributed by atoms with van der Waals surface area (Å²) in [6, 6.07) is 17.7. The first-order chi connectivity index (χ1) is 18.5. The summed E-state index contributed by atoms with van der Waals surface area (Å²) in [6.45, 7) is 1.30. The van der Waals surface area contributed by atoms with Crippen LogP contribution in [0.1, 0.15) is 29.7 Å². The van der Waals surface area contributed by atoms with Crippen molar-refractivity contribution >= 4 is 28.3 Å². The molecular weight excluding hydrogens is 485 g/mol. The van der Waals surface area contributed by atoms with Gasteiger partial charge in [0.05, 0.1) is 16.8 Å². The lowest BCUT2D eigenvalue weighted by atomic mass is 9.97. The SMILES string of the molecule is O=C(NC1=Nc2cc(-c3cc(Cc4n[nH]c(=O)c5ccccc45)ccc3F)ccc2C1)NC1CCOCC1. The number of benzene rings is 3. The molecule has 1 aromatic heterocycles. The van der Waals surface area contributed by atoms with Gasteiger partial charge in [0.2, 0.25) is 0 Å². The second kappa shape index (κ2) is 10.2. The van der Waals surface area contributed by atoms with Gasteiger partial charge in [-0.05, 0) is 53.8 Å². The number of hydrogen-bond acceptors (Lipinski definition) is 5. The Morgan fingerprint density at radius 1 is 1.05 bits per heavy atom. The van der Waals surface area contributed by atoms with Crippen LogP contribution in [-0.4, -0.2) is 41.3 Å². The maximum atomic E-state index is 15.0. The monoisotopic (exact) mass is 511 g/mol. The van der Waals surface area contributed by atoms with Gasteiger partial charge in [0.1, 0.15) is 11.7 Å². The lowest BCUT2D eigenvalue weighted by Gasteiger charge is -2.23. The number of carbonyl (C=O) groups is 1. The standard InChI is InChI=1S/C29H26FN5O3/c30-24-8-5-17(14-26-21-3-1-2-4-22(21)28(36)35-34-26)13-23(24)18-6-7-19-16-27(32-25(19)15-18)33-29(37)31-20-9-11-38-12-10-20/h1-8,13,15,20H,9-12,14,16H2,(H,35,36)(H2,31,32,33,37). The first-order valence-corrected chi connectivity index (χ1v) is 12.6. The van der Waals surface area contributed by atoms with Gasteiger partial charge in [-0.3, -0.25) is 10.1 Å². The van der Waals surface area contributed by atoms with Crippen LogP contribution in [0.25, 0.3) is 21.9 Å². The lowest BCUT2D eigenvalue weighted by molar-refractivity contribution is 0.0803. The van der Waals surface area contributed by atoms with Crippen LogP contribution in [0.5, 0.6) is 0 Å². The van der Waals surface area contributed by atoms with E-state index in [4.69, 9.17) is 4.74 Å². The Kier molecular flexibility index (Phi) is 6.43. The van der Waals surface area contributed by atoms with Gasteiger partial charge < -0.3 is 10.1 Å². The molecule has 3 heterocycles. The maximum absolute atomic E-state index is 15.0. The van der Waals surface area contributed by atoms with Gasteiger partial charge in [-0.25, -0.2) is 19.3 Å². The number of aromatic amines is 1. The van der Waals surface area contributed by atoms with Crippen LogP contribution in [0, 0.1) is 5.82 Å². The summed E-state index contributed by atoms with van der Waals surface area (Å²) in [6.07, 6.45) is 2.53. The van der Waals surface area contributed by atoms with Crippen LogP contribution < -0.4 is 16.2 Å². The van der Waals surface area contributed by atoms with Crippen LogP contribution in [0.4, 0.5) is 14.9 Å². The highest BCUT2D eigenvalue weighted by Crippen LogP contribution is 2.33. The van der Waals surface area contributed by atoms with Gasteiger partial charge in [0.25, 0.3) is 5.56 Å². The molecule has 192 valence electrons. The number of amidine groups is 1. The summed E-state index contributed by atoms with van der Waals surface area (Å²) in [7, 11) is 0. The number of fused-ring (bicyclic) bond motifs is 2. The van der Waals surface area contributed by atoms with Crippen LogP contribution in [0.2, 0.25) is 0 Å². The number of halogens is 1. The zero-order valence-electron chi connectivity index (χ0n) is 20.6. The fourth-order valence-electron chi connectivity index (χ4n) is 5.02. The molecule has 2 amide bonds. The van der Waals surface area contributed by atoms with E-state index in [0.29, 0.717) is 59.8 Å². The average molecular weight is 512 g/mol. The summed E-state index contributed by atoms with van der Waals surface area (Å²) in [5.41, 5.74) is 4.16. The molecule has 2 aliphatic heterocycles. The summed E-state index contributed by atoms with van der Waals surface area (Å²) < 4.78 is 20.3. The molecule has 1 fully saturated rings. The van der Waals surface area contributed by atoms with Crippen LogP contribution in [0.3, 0.4) is 0 Å². The molecule has 0 spiro atoms. The number of hydrogen-bond donors (Lipinski definition) is 3. The summed E-state index contributed by atoms with van der Waals surface area (Å²) in [4.78, 5) is 29.1. The zero-order chi connectivity index (χ0) is 26.1. The number of urea groups is 1. The Morgan fingerprint density at radius 2 is 1.87 bits per heavy atom. The third-order valence-electron chi connectivity index (χ3n) is 7.00. The number of aliphatic imine (C=N–C) groups is 1. The van der Waals surface area contributed by atoms with Crippen molar-refractivity contribution in [3.8, 4) is 11.1 Å². The first-order valence-electron chi connectivity index (χ1n) is 12.6. The van der Waals surface area contributed by atoms with Gasteiger partial charge in [0.15, 0.2) is 0 Å². The van der Waals surface area contributed by atoms with E-state index >= 15 is 0 Å². The Morgan fingerprint density at radius 3 is 2.71 bits per heavy atom. The second-order valence-corrected chi connectivity index (χ2v) is 9.60. The van der Waals surface area contributed by atoms with E-state index in [1.165, 1.54) is 6.07 Å². The van der Waals surface area contributed by atoms with Crippen LogP contribution in [0.15, 0.2) is 70.5 Å². The van der Waals surface area contributed by atoms with E-state index in [-0.39, 0.29) is 23.4 Å². The third kappa shape index (κ3) is 4.92. The number of H-pyrrole nitrogens is 1. The smallest absolute Gasteiger partial charge is 0.320 e. The number of aromatic nitrogens is 2. The molecule has 4 aromatic rings. The number of rotatable bonds is 4. The molecule has 9 heteroatoms. The molecular formula is C29H26FN5O3. The minimum Gasteiger partial charge on any atom is -0.381 e. The van der Waals surface area contributed by atoms with Crippen LogP contribution >= 0.6 is 0 Å². The molecule has 3 N–H and O–H groups in total. The van der Waals surface area contributed by atoms with Gasteiger partial charge >= 0.3 is 6.03 Å². The normalized spacial score (nSPS) is 15.2. The van der Waals surface area contributed by atoms with E-state index in [9.17, 15) is 14.0 Å². The predicted octanol–water partition coefficient (Wildman–Crippen LogP) is 4.38. The van der Waals surface area contributed by atoms with E-state index in [1.807, 2.05) is 36.4 Å². The minimum atomic E-state index is -0.343. The quantitative estimate of drug-likeness (QED) is 0.378. The Labute approximate surface area is 218 Å². The van der Waals surface area contributed by atoms with E-state index in [1.54, 1.807) is 18.2 Å². The topological polar surface area (TPSA) is 108 Å². The number of nitrogens with one attached hydrogen (secondary N) is 3. The minimum absolute atomic E-state index is 0.0966. The van der Waals surface area contributed by atoms with Crippen molar-refractivity contribution in [3.05, 3.63) is 93.7 Å². The van der Waals surface area contributed by atoms with Crippen molar-refractivity contribution < 1.29 is 13.9 Å². The third-order valence-corrected chi connectivity index (χ3v) is 7.00. The lowest BCUT2D eigenvalue weighted by Crippen LogP contribution is -2.46. The summed E-state index contributed by atoms with van der Waals surface area (Å²) in [5, 5.41) is 14.0. The first kappa shape index (κ1) is 24.0. The highest BCUT2D eigenvalue weighted by molar-refractivity contribution is 6.02. The largest absolute Gasteiger partial charge is 0.381 e. The van der Waals surface area contributed by atoms with Crippen molar-refractivity contribution in [1.82, 2.24) is 20.8 Å². The molecule has 8 nitrogen and oxygen atoms in total. The zero-order valence-corrected chi connectivity index (χ0v) is 20.6. The molecule has 0 radical (unpaired) electrons. The Balaban J connectivity index is 1.22. The van der Waals surface area contributed by atoms with Crippen molar-refractivity contribution in [3.63, 3.8) is 0 Å². The fraction of sp³-hybridized carbons (Fsp3) is 0.241.